The molecule has 0 bridgehead atoms. The molecule has 3 nitrogen and oxygen atoms in total. The molecule has 78 valence electrons. The lowest BCUT2D eigenvalue weighted by Gasteiger charge is -2.12. The van der Waals surface area contributed by atoms with Crippen LogP contribution in [0.5, 0.6) is 0 Å². The molecule has 1 aliphatic rings. The van der Waals surface area contributed by atoms with Gasteiger partial charge in [-0.1, -0.05) is 13.8 Å². The molecule has 1 fully saturated rings. The molecule has 0 radical (unpaired) electrons. The lowest BCUT2D eigenvalue weighted by atomic mass is 10.2. The zero-order valence-corrected chi connectivity index (χ0v) is 8.81. The monoisotopic (exact) mass is 186 g/mol. The molecule has 0 amide bonds. The summed E-state index contributed by atoms with van der Waals surface area (Å²) in [6.45, 7) is 8.39. The minimum absolute atomic E-state index is 0.471. The van der Waals surface area contributed by atoms with Gasteiger partial charge in [-0.3, -0.25) is 0 Å². The van der Waals surface area contributed by atoms with E-state index in [1.54, 1.807) is 0 Å². The van der Waals surface area contributed by atoms with Crippen LogP contribution in [0.25, 0.3) is 0 Å². The fraction of sp³-hybridized carbons (Fsp3) is 1.00. The predicted octanol–water partition coefficient (Wildman–Crippen LogP) is 0.753. The number of ether oxygens (including phenoxy) is 1. The van der Waals surface area contributed by atoms with E-state index < -0.39 is 0 Å². The fourth-order valence-electron chi connectivity index (χ4n) is 1.52. The van der Waals surface area contributed by atoms with Gasteiger partial charge in [0.05, 0.1) is 6.10 Å². The number of rotatable bonds is 6. The highest BCUT2D eigenvalue weighted by Gasteiger charge is 2.13. The first-order valence-corrected chi connectivity index (χ1v) is 5.34. The largest absolute Gasteiger partial charge is 0.377 e. The Morgan fingerprint density at radius 2 is 2.23 bits per heavy atom. The second-order valence-electron chi connectivity index (χ2n) is 3.95. The SMILES string of the molecule is CC(C)NCCNC[C@@H]1CCCO1. The van der Waals surface area contributed by atoms with Crippen molar-refractivity contribution in [3.05, 3.63) is 0 Å². The number of hydrogen-bond acceptors (Lipinski definition) is 3. The minimum atomic E-state index is 0.471. The van der Waals surface area contributed by atoms with Gasteiger partial charge in [0.15, 0.2) is 0 Å². The molecular formula is C10H22N2O. The van der Waals surface area contributed by atoms with Crippen LogP contribution in [-0.2, 0) is 4.74 Å². The first-order valence-electron chi connectivity index (χ1n) is 5.34. The van der Waals surface area contributed by atoms with Crippen LogP contribution in [-0.4, -0.2) is 38.4 Å². The molecule has 0 aliphatic carbocycles. The maximum atomic E-state index is 5.50. The van der Waals surface area contributed by atoms with Gasteiger partial charge in [-0.2, -0.15) is 0 Å². The number of hydrogen-bond donors (Lipinski definition) is 2. The second kappa shape index (κ2) is 6.35. The van der Waals surface area contributed by atoms with Crippen molar-refractivity contribution in [3.63, 3.8) is 0 Å². The summed E-state index contributed by atoms with van der Waals surface area (Å²) in [4.78, 5) is 0. The molecule has 0 spiro atoms. The van der Waals surface area contributed by atoms with E-state index in [9.17, 15) is 0 Å². The van der Waals surface area contributed by atoms with Crippen LogP contribution in [0.2, 0.25) is 0 Å². The Bertz CT molecular complexity index is 122. The summed E-state index contributed by atoms with van der Waals surface area (Å²) >= 11 is 0. The Kier molecular flexibility index (Phi) is 5.35. The highest BCUT2D eigenvalue weighted by atomic mass is 16.5. The average Bonchev–Trinajstić information content (AvgIpc) is 2.55. The third-order valence-corrected chi connectivity index (χ3v) is 2.25. The van der Waals surface area contributed by atoms with Gasteiger partial charge in [0.25, 0.3) is 0 Å². The first kappa shape index (κ1) is 11.0. The smallest absolute Gasteiger partial charge is 0.0700 e. The van der Waals surface area contributed by atoms with Crippen LogP contribution >= 0.6 is 0 Å². The Morgan fingerprint density at radius 1 is 1.38 bits per heavy atom. The molecule has 1 atom stereocenters. The molecule has 1 rings (SSSR count). The van der Waals surface area contributed by atoms with E-state index in [0.717, 1.165) is 26.2 Å². The normalized spacial score (nSPS) is 22.8. The van der Waals surface area contributed by atoms with Crippen molar-refractivity contribution < 1.29 is 4.74 Å². The average molecular weight is 186 g/mol. The summed E-state index contributed by atoms with van der Waals surface area (Å²) in [5.41, 5.74) is 0. The van der Waals surface area contributed by atoms with E-state index >= 15 is 0 Å². The molecule has 0 aromatic carbocycles. The maximum Gasteiger partial charge on any atom is 0.0700 e. The zero-order chi connectivity index (χ0) is 9.52. The van der Waals surface area contributed by atoms with Gasteiger partial charge in [0.1, 0.15) is 0 Å². The van der Waals surface area contributed by atoms with Crippen molar-refractivity contribution in [2.24, 2.45) is 0 Å². The highest BCUT2D eigenvalue weighted by molar-refractivity contribution is 4.67. The molecule has 13 heavy (non-hydrogen) atoms. The Hall–Kier alpha value is -0.120. The van der Waals surface area contributed by atoms with Crippen LogP contribution in [0.4, 0.5) is 0 Å². The molecule has 0 aromatic rings. The van der Waals surface area contributed by atoms with Gasteiger partial charge in [-0.15, -0.1) is 0 Å². The standard InChI is InChI=1S/C10H22N2O/c1-9(2)12-6-5-11-8-10-4-3-7-13-10/h9-12H,3-8H2,1-2H3/t10-/m0/s1. The quantitative estimate of drug-likeness (QED) is 0.601. The van der Waals surface area contributed by atoms with E-state index in [-0.39, 0.29) is 0 Å². The summed E-state index contributed by atoms with van der Waals surface area (Å²) in [6.07, 6.45) is 2.93. The van der Waals surface area contributed by atoms with Gasteiger partial charge >= 0.3 is 0 Å². The summed E-state index contributed by atoms with van der Waals surface area (Å²) < 4.78 is 5.50. The van der Waals surface area contributed by atoms with E-state index in [1.807, 2.05) is 0 Å². The minimum Gasteiger partial charge on any atom is -0.377 e. The third-order valence-electron chi connectivity index (χ3n) is 2.25. The summed E-state index contributed by atoms with van der Waals surface area (Å²) in [6, 6.07) is 0.588. The fourth-order valence-corrected chi connectivity index (χ4v) is 1.52. The van der Waals surface area contributed by atoms with E-state index in [0.29, 0.717) is 12.1 Å². The third kappa shape index (κ3) is 5.24. The van der Waals surface area contributed by atoms with Gasteiger partial charge in [0.2, 0.25) is 0 Å². The summed E-state index contributed by atoms with van der Waals surface area (Å²) in [5.74, 6) is 0. The maximum absolute atomic E-state index is 5.50. The van der Waals surface area contributed by atoms with Crippen molar-refractivity contribution in [2.45, 2.75) is 38.8 Å². The molecule has 1 aliphatic heterocycles. The summed E-state index contributed by atoms with van der Waals surface area (Å²) in [7, 11) is 0. The molecule has 2 N–H and O–H groups in total. The van der Waals surface area contributed by atoms with E-state index in [2.05, 4.69) is 24.5 Å². The highest BCUT2D eigenvalue weighted by Crippen LogP contribution is 2.10. The Labute approximate surface area is 81.2 Å². The molecule has 0 saturated carbocycles. The first-order chi connectivity index (χ1) is 6.29. The molecule has 0 unspecified atom stereocenters. The van der Waals surface area contributed by atoms with Crippen LogP contribution in [0.3, 0.4) is 0 Å². The lowest BCUT2D eigenvalue weighted by Crippen LogP contribution is -2.35. The molecule has 1 heterocycles. The zero-order valence-electron chi connectivity index (χ0n) is 8.81. The predicted molar refractivity (Wildman–Crippen MR) is 55.0 cm³/mol. The van der Waals surface area contributed by atoms with Crippen molar-refractivity contribution in [2.75, 3.05) is 26.2 Å². The van der Waals surface area contributed by atoms with Gasteiger partial charge in [-0.05, 0) is 12.8 Å². The van der Waals surface area contributed by atoms with Gasteiger partial charge in [0, 0.05) is 32.3 Å². The number of nitrogens with one attached hydrogen (secondary N) is 2. The van der Waals surface area contributed by atoms with Gasteiger partial charge < -0.3 is 15.4 Å². The van der Waals surface area contributed by atoms with Crippen LogP contribution < -0.4 is 10.6 Å². The van der Waals surface area contributed by atoms with E-state index in [1.165, 1.54) is 12.8 Å². The van der Waals surface area contributed by atoms with E-state index in [4.69, 9.17) is 4.74 Å². The molecular weight excluding hydrogens is 164 g/mol. The Morgan fingerprint density at radius 3 is 2.85 bits per heavy atom. The summed E-state index contributed by atoms with van der Waals surface area (Å²) in [5, 5.41) is 6.76. The topological polar surface area (TPSA) is 33.3 Å². The molecule has 0 aromatic heterocycles. The van der Waals surface area contributed by atoms with Crippen LogP contribution in [0.15, 0.2) is 0 Å². The second-order valence-corrected chi connectivity index (χ2v) is 3.95. The van der Waals surface area contributed by atoms with Crippen molar-refractivity contribution in [1.82, 2.24) is 10.6 Å². The van der Waals surface area contributed by atoms with Crippen molar-refractivity contribution in [1.29, 1.82) is 0 Å². The lowest BCUT2D eigenvalue weighted by molar-refractivity contribution is 0.110. The Balaban J connectivity index is 1.83. The van der Waals surface area contributed by atoms with Gasteiger partial charge in [-0.25, -0.2) is 0 Å². The van der Waals surface area contributed by atoms with Crippen LogP contribution in [0, 0.1) is 0 Å². The molecule has 1 saturated heterocycles. The van der Waals surface area contributed by atoms with Crippen molar-refractivity contribution in [3.8, 4) is 0 Å². The van der Waals surface area contributed by atoms with Crippen LogP contribution in [0.1, 0.15) is 26.7 Å². The van der Waals surface area contributed by atoms with Crippen molar-refractivity contribution >= 4 is 0 Å². The molecule has 3 heteroatoms.